The fraction of sp³-hybridized carbons (Fsp3) is 0.636. The Balaban J connectivity index is 1.25. The summed E-state index contributed by atoms with van der Waals surface area (Å²) in [5.74, 6) is 2.12. The fourth-order valence-corrected chi connectivity index (χ4v) is 4.90. The van der Waals surface area contributed by atoms with Gasteiger partial charge in [-0.3, -0.25) is 14.5 Å². The lowest BCUT2D eigenvalue weighted by Crippen LogP contribution is -2.51. The van der Waals surface area contributed by atoms with Crippen LogP contribution in [-0.2, 0) is 15.3 Å². The molecule has 5 nitrogen and oxygen atoms in total. The summed E-state index contributed by atoms with van der Waals surface area (Å²) < 4.78 is 0. The average Bonchev–Trinajstić information content (AvgIpc) is 3.23. The van der Waals surface area contributed by atoms with Crippen LogP contribution in [0.3, 0.4) is 0 Å². The van der Waals surface area contributed by atoms with E-state index in [0.717, 1.165) is 51.3 Å². The zero-order valence-electron chi connectivity index (χ0n) is 17.0. The lowest BCUT2D eigenvalue weighted by atomic mass is 10.1. The predicted octanol–water partition coefficient (Wildman–Crippen LogP) is 2.68. The third kappa shape index (κ3) is 6.52. The maximum absolute atomic E-state index is 12.5. The van der Waals surface area contributed by atoms with Crippen molar-refractivity contribution in [2.45, 2.75) is 38.4 Å². The van der Waals surface area contributed by atoms with E-state index in [4.69, 9.17) is 0 Å². The van der Waals surface area contributed by atoms with Gasteiger partial charge in [0.2, 0.25) is 11.8 Å². The van der Waals surface area contributed by atoms with Crippen LogP contribution in [0.25, 0.3) is 0 Å². The van der Waals surface area contributed by atoms with Crippen molar-refractivity contribution < 1.29 is 9.59 Å². The van der Waals surface area contributed by atoms with E-state index in [1.807, 2.05) is 4.90 Å². The molecule has 0 spiro atoms. The topological polar surface area (TPSA) is 52.7 Å². The molecule has 1 heterocycles. The minimum absolute atomic E-state index is 0.104. The van der Waals surface area contributed by atoms with Gasteiger partial charge in [0.05, 0.1) is 5.75 Å². The van der Waals surface area contributed by atoms with Gasteiger partial charge in [0, 0.05) is 50.9 Å². The molecular weight excluding hydrogens is 370 g/mol. The fourth-order valence-electron chi connectivity index (χ4n) is 4.09. The number of carbonyl (C=O) groups excluding carboxylic acids is 2. The molecular formula is C22H33N3O2S. The number of hydrogen-bond donors (Lipinski definition) is 1. The molecule has 1 N–H and O–H groups in total. The highest BCUT2D eigenvalue weighted by atomic mass is 32.2. The molecule has 0 aromatic heterocycles. The van der Waals surface area contributed by atoms with Crippen molar-refractivity contribution in [1.82, 2.24) is 15.1 Å². The van der Waals surface area contributed by atoms with Crippen molar-refractivity contribution in [2.24, 2.45) is 5.92 Å². The van der Waals surface area contributed by atoms with Gasteiger partial charge in [-0.25, -0.2) is 0 Å². The number of nitrogens with zero attached hydrogens (tertiary/aromatic N) is 2. The summed E-state index contributed by atoms with van der Waals surface area (Å²) >= 11 is 1.65. The van der Waals surface area contributed by atoms with Crippen LogP contribution in [0.4, 0.5) is 0 Å². The minimum Gasteiger partial charge on any atom is -0.354 e. The van der Waals surface area contributed by atoms with E-state index >= 15 is 0 Å². The molecule has 6 heteroatoms. The molecule has 2 fully saturated rings. The third-order valence-electron chi connectivity index (χ3n) is 5.72. The molecule has 2 amide bonds. The number of piperazine rings is 1. The first-order chi connectivity index (χ1) is 13.6. The van der Waals surface area contributed by atoms with Gasteiger partial charge in [0.25, 0.3) is 0 Å². The minimum atomic E-state index is 0.104. The van der Waals surface area contributed by atoms with Gasteiger partial charge in [0.1, 0.15) is 0 Å². The van der Waals surface area contributed by atoms with Crippen LogP contribution < -0.4 is 5.32 Å². The normalized spacial score (nSPS) is 18.4. The van der Waals surface area contributed by atoms with E-state index in [9.17, 15) is 9.59 Å². The second kappa shape index (κ2) is 10.9. The highest BCUT2D eigenvalue weighted by Gasteiger charge is 2.29. The number of hydrogen-bond acceptors (Lipinski definition) is 4. The Morgan fingerprint density at radius 1 is 1.14 bits per heavy atom. The van der Waals surface area contributed by atoms with Gasteiger partial charge >= 0.3 is 0 Å². The number of rotatable bonds is 8. The van der Waals surface area contributed by atoms with Crippen LogP contribution >= 0.6 is 11.8 Å². The number of amides is 2. The van der Waals surface area contributed by atoms with Gasteiger partial charge in [0.15, 0.2) is 0 Å². The zero-order valence-corrected chi connectivity index (χ0v) is 17.8. The lowest BCUT2D eigenvalue weighted by molar-refractivity contribution is -0.137. The maximum Gasteiger partial charge on any atom is 0.230 e. The molecule has 0 radical (unpaired) electrons. The Labute approximate surface area is 173 Å². The number of aryl methyl sites for hydroxylation is 1. The van der Waals surface area contributed by atoms with Crippen molar-refractivity contribution in [3.63, 3.8) is 0 Å². The van der Waals surface area contributed by atoms with E-state index < -0.39 is 0 Å². The van der Waals surface area contributed by atoms with Crippen molar-refractivity contribution >= 4 is 23.6 Å². The number of thioether (sulfide) groups is 1. The molecule has 28 heavy (non-hydrogen) atoms. The summed E-state index contributed by atoms with van der Waals surface area (Å²) in [5, 5.41) is 3.02. The van der Waals surface area contributed by atoms with E-state index in [1.165, 1.54) is 24.0 Å². The third-order valence-corrected chi connectivity index (χ3v) is 6.73. The van der Waals surface area contributed by atoms with Crippen molar-refractivity contribution in [3.8, 4) is 0 Å². The Morgan fingerprint density at radius 3 is 2.61 bits per heavy atom. The van der Waals surface area contributed by atoms with Crippen LogP contribution in [0.15, 0.2) is 24.3 Å². The van der Waals surface area contributed by atoms with Crippen LogP contribution in [-0.4, -0.2) is 66.6 Å². The quantitative estimate of drug-likeness (QED) is 0.725. The summed E-state index contributed by atoms with van der Waals surface area (Å²) in [6.07, 6.45) is 4.57. The smallest absolute Gasteiger partial charge is 0.230 e. The molecule has 1 aliphatic heterocycles. The van der Waals surface area contributed by atoms with E-state index in [2.05, 4.69) is 41.4 Å². The molecule has 3 rings (SSSR count). The molecule has 1 aromatic carbocycles. The van der Waals surface area contributed by atoms with Gasteiger partial charge in [-0.05, 0) is 25.3 Å². The number of nitrogens with one attached hydrogen (secondary N) is 1. The van der Waals surface area contributed by atoms with Crippen LogP contribution in [0.5, 0.6) is 0 Å². The molecule has 1 saturated heterocycles. The zero-order chi connectivity index (χ0) is 19.8. The Morgan fingerprint density at radius 2 is 1.89 bits per heavy atom. The standard InChI is InChI=1S/C22H33N3O2S/c1-18-5-4-6-19(15-18)16-28-17-21(26)23-9-10-24-11-13-25(14-12-24)22(27)20-7-2-3-8-20/h4-6,15,20H,2-3,7-14,16-17H2,1H3,(H,23,26). The molecule has 2 aliphatic rings. The van der Waals surface area contributed by atoms with Crippen molar-refractivity contribution in [1.29, 1.82) is 0 Å². The summed E-state index contributed by atoms with van der Waals surface area (Å²) in [6.45, 7) is 7.11. The highest BCUT2D eigenvalue weighted by Crippen LogP contribution is 2.26. The first-order valence-electron chi connectivity index (χ1n) is 10.5. The van der Waals surface area contributed by atoms with Crippen LogP contribution in [0.1, 0.15) is 36.8 Å². The average molecular weight is 404 g/mol. The maximum atomic E-state index is 12.5. The molecule has 1 saturated carbocycles. The lowest BCUT2D eigenvalue weighted by Gasteiger charge is -2.36. The SMILES string of the molecule is Cc1cccc(CSCC(=O)NCCN2CCN(C(=O)C3CCCC3)CC2)c1. The van der Waals surface area contributed by atoms with E-state index in [1.54, 1.807) is 11.8 Å². The van der Waals surface area contributed by atoms with Gasteiger partial charge in [-0.1, -0.05) is 42.7 Å². The first-order valence-corrected chi connectivity index (χ1v) is 11.7. The van der Waals surface area contributed by atoms with Crippen molar-refractivity contribution in [3.05, 3.63) is 35.4 Å². The summed E-state index contributed by atoms with van der Waals surface area (Å²) in [7, 11) is 0. The van der Waals surface area contributed by atoms with E-state index in [0.29, 0.717) is 18.2 Å². The number of carbonyl (C=O) groups is 2. The van der Waals surface area contributed by atoms with Crippen molar-refractivity contribution in [2.75, 3.05) is 45.0 Å². The van der Waals surface area contributed by atoms with Gasteiger partial charge < -0.3 is 10.2 Å². The molecule has 0 bridgehead atoms. The Kier molecular flexibility index (Phi) is 8.22. The van der Waals surface area contributed by atoms with Crippen LogP contribution in [0, 0.1) is 12.8 Å². The Hall–Kier alpha value is -1.53. The molecule has 0 atom stereocenters. The molecule has 0 unspecified atom stereocenters. The van der Waals surface area contributed by atoms with Gasteiger partial charge in [-0.15, -0.1) is 11.8 Å². The highest BCUT2D eigenvalue weighted by molar-refractivity contribution is 7.99. The largest absolute Gasteiger partial charge is 0.354 e. The summed E-state index contributed by atoms with van der Waals surface area (Å²) in [4.78, 5) is 28.9. The second-order valence-electron chi connectivity index (χ2n) is 7.98. The monoisotopic (exact) mass is 403 g/mol. The summed E-state index contributed by atoms with van der Waals surface area (Å²) in [6, 6.07) is 8.43. The first kappa shape index (κ1) is 21.2. The van der Waals surface area contributed by atoms with Gasteiger partial charge in [-0.2, -0.15) is 0 Å². The van der Waals surface area contributed by atoms with Crippen LogP contribution in [0.2, 0.25) is 0 Å². The Bertz CT molecular complexity index is 653. The summed E-state index contributed by atoms with van der Waals surface area (Å²) in [5.41, 5.74) is 2.52. The number of benzene rings is 1. The predicted molar refractivity (Wildman–Crippen MR) is 115 cm³/mol. The van der Waals surface area contributed by atoms with E-state index in [-0.39, 0.29) is 11.8 Å². The molecule has 1 aliphatic carbocycles. The molecule has 154 valence electrons. The second-order valence-corrected chi connectivity index (χ2v) is 8.97. The molecule has 1 aromatic rings.